The molecular formula is C11H22N2O3. The minimum Gasteiger partial charge on any atom is -0.396 e. The van der Waals surface area contributed by atoms with Gasteiger partial charge >= 0.3 is 0 Å². The molecule has 0 rings (SSSR count). The number of nitrogens with two attached hydrogens (primary N) is 1. The Morgan fingerprint density at radius 3 is 2.38 bits per heavy atom. The van der Waals surface area contributed by atoms with Crippen LogP contribution in [-0.4, -0.2) is 41.5 Å². The zero-order valence-electron chi connectivity index (χ0n) is 10.1. The van der Waals surface area contributed by atoms with Crippen LogP contribution < -0.4 is 5.73 Å². The third-order valence-corrected chi connectivity index (χ3v) is 2.08. The van der Waals surface area contributed by atoms with E-state index in [2.05, 4.69) is 0 Å². The van der Waals surface area contributed by atoms with Gasteiger partial charge in [0.1, 0.15) is 0 Å². The summed E-state index contributed by atoms with van der Waals surface area (Å²) < 4.78 is 0. The van der Waals surface area contributed by atoms with E-state index in [4.69, 9.17) is 10.8 Å². The molecule has 0 aliphatic carbocycles. The minimum atomic E-state index is -0.490. The number of aliphatic hydroxyl groups is 1. The van der Waals surface area contributed by atoms with Crippen LogP contribution in [0.4, 0.5) is 0 Å². The van der Waals surface area contributed by atoms with E-state index < -0.39 is 5.91 Å². The van der Waals surface area contributed by atoms with E-state index >= 15 is 0 Å². The highest BCUT2D eigenvalue weighted by Gasteiger charge is 2.16. The molecule has 0 radical (unpaired) electrons. The molecule has 5 nitrogen and oxygen atoms in total. The molecule has 0 bridgehead atoms. The molecule has 16 heavy (non-hydrogen) atoms. The number of aliphatic hydroxyl groups excluding tert-OH is 1. The smallest absolute Gasteiger partial charge is 0.237 e. The van der Waals surface area contributed by atoms with Gasteiger partial charge in [0, 0.05) is 19.6 Å². The Bertz CT molecular complexity index is 229. The molecular weight excluding hydrogens is 208 g/mol. The maximum absolute atomic E-state index is 11.7. The molecule has 0 aromatic heterocycles. The van der Waals surface area contributed by atoms with Crippen LogP contribution in [0.25, 0.3) is 0 Å². The molecule has 0 heterocycles. The molecule has 3 N–H and O–H groups in total. The van der Waals surface area contributed by atoms with Crippen molar-refractivity contribution >= 4 is 11.8 Å². The van der Waals surface area contributed by atoms with E-state index in [1.807, 2.05) is 13.8 Å². The maximum atomic E-state index is 11.7. The van der Waals surface area contributed by atoms with Gasteiger partial charge in [-0.2, -0.15) is 0 Å². The average molecular weight is 230 g/mol. The van der Waals surface area contributed by atoms with E-state index in [0.29, 0.717) is 31.7 Å². The highest BCUT2D eigenvalue weighted by Crippen LogP contribution is 2.04. The van der Waals surface area contributed by atoms with Gasteiger partial charge in [-0.3, -0.25) is 9.59 Å². The van der Waals surface area contributed by atoms with E-state index in [1.54, 1.807) is 0 Å². The van der Waals surface area contributed by atoms with Gasteiger partial charge < -0.3 is 15.7 Å². The summed E-state index contributed by atoms with van der Waals surface area (Å²) in [5.41, 5.74) is 5.09. The first-order valence-corrected chi connectivity index (χ1v) is 5.64. The molecule has 0 saturated heterocycles. The summed E-state index contributed by atoms with van der Waals surface area (Å²) in [6.07, 6.45) is 1.61. The van der Waals surface area contributed by atoms with Crippen molar-refractivity contribution in [1.29, 1.82) is 0 Å². The number of carbonyl (C=O) groups is 2. The van der Waals surface area contributed by atoms with Crippen LogP contribution in [0.2, 0.25) is 0 Å². The molecule has 0 fully saturated rings. The fourth-order valence-corrected chi connectivity index (χ4v) is 1.43. The number of nitrogens with zero attached hydrogens (tertiary/aromatic N) is 1. The monoisotopic (exact) mass is 230 g/mol. The first kappa shape index (κ1) is 14.9. The van der Waals surface area contributed by atoms with Crippen molar-refractivity contribution in [1.82, 2.24) is 4.90 Å². The molecule has 0 spiro atoms. The summed E-state index contributed by atoms with van der Waals surface area (Å²) in [5, 5.41) is 8.61. The summed E-state index contributed by atoms with van der Waals surface area (Å²) >= 11 is 0. The fraction of sp³-hybridized carbons (Fsp3) is 0.818. The Morgan fingerprint density at radius 2 is 1.94 bits per heavy atom. The molecule has 94 valence electrons. The zero-order chi connectivity index (χ0) is 12.6. The Kier molecular flexibility index (Phi) is 7.54. The summed E-state index contributed by atoms with van der Waals surface area (Å²) in [6, 6.07) is 0. The predicted octanol–water partition coefficient (Wildman–Crippen LogP) is 0.119. The standard InChI is InChI=1S/C11H22N2O3/c1-9(2)7-13(8-10(12)15)11(16)5-3-4-6-14/h9,14H,3-8H2,1-2H3,(H2,12,15). The molecule has 2 amide bonds. The first-order valence-electron chi connectivity index (χ1n) is 5.64. The second-order valence-corrected chi connectivity index (χ2v) is 4.32. The lowest BCUT2D eigenvalue weighted by Crippen LogP contribution is -2.40. The van der Waals surface area contributed by atoms with Gasteiger partial charge in [-0.1, -0.05) is 13.8 Å². The molecule has 0 atom stereocenters. The van der Waals surface area contributed by atoms with E-state index in [1.165, 1.54) is 4.90 Å². The van der Waals surface area contributed by atoms with E-state index in [-0.39, 0.29) is 19.1 Å². The summed E-state index contributed by atoms with van der Waals surface area (Å²) in [4.78, 5) is 24.0. The zero-order valence-corrected chi connectivity index (χ0v) is 10.1. The van der Waals surface area contributed by atoms with Crippen molar-refractivity contribution in [3.05, 3.63) is 0 Å². The van der Waals surface area contributed by atoms with E-state index in [9.17, 15) is 9.59 Å². The summed E-state index contributed by atoms with van der Waals surface area (Å²) in [6.45, 7) is 4.58. The van der Waals surface area contributed by atoms with Crippen molar-refractivity contribution in [2.24, 2.45) is 11.7 Å². The average Bonchev–Trinajstić information content (AvgIpc) is 2.15. The number of hydrogen-bond acceptors (Lipinski definition) is 3. The quantitative estimate of drug-likeness (QED) is 0.581. The highest BCUT2D eigenvalue weighted by atomic mass is 16.3. The number of hydrogen-bond donors (Lipinski definition) is 2. The number of primary amides is 1. The molecule has 5 heteroatoms. The van der Waals surface area contributed by atoms with Gasteiger partial charge in [-0.25, -0.2) is 0 Å². The van der Waals surface area contributed by atoms with Gasteiger partial charge in [-0.05, 0) is 18.8 Å². The molecule has 0 aromatic carbocycles. The van der Waals surface area contributed by atoms with Crippen LogP contribution in [0.15, 0.2) is 0 Å². The van der Waals surface area contributed by atoms with Crippen LogP contribution in [0, 0.1) is 5.92 Å². The van der Waals surface area contributed by atoms with Gasteiger partial charge in [-0.15, -0.1) is 0 Å². The maximum Gasteiger partial charge on any atom is 0.237 e. The van der Waals surface area contributed by atoms with Crippen LogP contribution in [0.5, 0.6) is 0 Å². The Morgan fingerprint density at radius 1 is 1.31 bits per heavy atom. The van der Waals surface area contributed by atoms with Gasteiger partial charge in [0.15, 0.2) is 0 Å². The summed E-state index contributed by atoms with van der Waals surface area (Å²) in [7, 11) is 0. The molecule has 0 saturated carbocycles. The van der Waals surface area contributed by atoms with Crippen molar-refractivity contribution < 1.29 is 14.7 Å². The van der Waals surface area contributed by atoms with Crippen molar-refractivity contribution in [3.63, 3.8) is 0 Å². The molecule has 0 aliphatic heterocycles. The van der Waals surface area contributed by atoms with Gasteiger partial charge in [0.2, 0.25) is 11.8 Å². The second kappa shape index (κ2) is 8.10. The van der Waals surface area contributed by atoms with E-state index in [0.717, 1.165) is 0 Å². The topological polar surface area (TPSA) is 83.6 Å². The highest BCUT2D eigenvalue weighted by molar-refractivity contribution is 5.83. The third kappa shape index (κ3) is 7.23. The van der Waals surface area contributed by atoms with Gasteiger partial charge in [0.05, 0.1) is 6.54 Å². The Balaban J connectivity index is 4.15. The number of rotatable bonds is 8. The van der Waals surface area contributed by atoms with Crippen molar-refractivity contribution in [2.45, 2.75) is 33.1 Å². The molecule has 0 aliphatic rings. The SMILES string of the molecule is CC(C)CN(CC(N)=O)C(=O)CCCCO. The summed E-state index contributed by atoms with van der Waals surface area (Å²) in [5.74, 6) is -0.252. The fourth-order valence-electron chi connectivity index (χ4n) is 1.43. The van der Waals surface area contributed by atoms with Gasteiger partial charge in [0.25, 0.3) is 0 Å². The minimum absolute atomic E-state index is 0.0177. The van der Waals surface area contributed by atoms with Crippen LogP contribution in [-0.2, 0) is 9.59 Å². The van der Waals surface area contributed by atoms with Crippen molar-refractivity contribution in [2.75, 3.05) is 19.7 Å². The van der Waals surface area contributed by atoms with Crippen molar-refractivity contribution in [3.8, 4) is 0 Å². The normalized spacial score (nSPS) is 10.5. The lowest BCUT2D eigenvalue weighted by Gasteiger charge is -2.23. The van der Waals surface area contributed by atoms with Crippen LogP contribution in [0.1, 0.15) is 33.1 Å². The number of unbranched alkanes of at least 4 members (excludes halogenated alkanes) is 1. The molecule has 0 aromatic rings. The first-order chi connectivity index (χ1) is 7.47. The number of carbonyl (C=O) groups excluding carboxylic acids is 2. The predicted molar refractivity (Wildman–Crippen MR) is 61.5 cm³/mol. The largest absolute Gasteiger partial charge is 0.396 e. The second-order valence-electron chi connectivity index (χ2n) is 4.32. The third-order valence-electron chi connectivity index (χ3n) is 2.08. The number of amides is 2. The van der Waals surface area contributed by atoms with Crippen LogP contribution >= 0.6 is 0 Å². The lowest BCUT2D eigenvalue weighted by atomic mass is 10.1. The Labute approximate surface area is 96.6 Å². The lowest BCUT2D eigenvalue weighted by molar-refractivity contribution is -0.135. The molecule has 0 unspecified atom stereocenters. The Hall–Kier alpha value is -1.10. The van der Waals surface area contributed by atoms with Crippen LogP contribution in [0.3, 0.4) is 0 Å².